The van der Waals surface area contributed by atoms with E-state index in [1.165, 1.54) is 0 Å². The van der Waals surface area contributed by atoms with Crippen LogP contribution >= 0.6 is 15.9 Å². The van der Waals surface area contributed by atoms with E-state index in [0.717, 1.165) is 29.3 Å². The number of halogens is 1. The highest BCUT2D eigenvalue weighted by Gasteiger charge is 2.43. The van der Waals surface area contributed by atoms with Crippen LogP contribution in [0.1, 0.15) is 26.2 Å². The SMILES string of the molecule is C=C(C)CN([C@@H]1C(Br)=C[C@H]2CC[C@@H]1C2)S(=O)(=O)c1ccccc1. The van der Waals surface area contributed by atoms with E-state index in [9.17, 15) is 8.42 Å². The van der Waals surface area contributed by atoms with Gasteiger partial charge in [-0.3, -0.25) is 0 Å². The Labute approximate surface area is 147 Å². The zero-order chi connectivity index (χ0) is 16.6. The third-order valence-electron chi connectivity index (χ3n) is 4.72. The van der Waals surface area contributed by atoms with E-state index in [4.69, 9.17) is 0 Å². The summed E-state index contributed by atoms with van der Waals surface area (Å²) >= 11 is 3.66. The van der Waals surface area contributed by atoms with Crippen molar-refractivity contribution >= 4 is 26.0 Å². The number of nitrogens with zero attached hydrogens (tertiary/aromatic N) is 1. The molecule has 0 spiro atoms. The molecule has 0 N–H and O–H groups in total. The van der Waals surface area contributed by atoms with E-state index in [1.807, 2.05) is 13.0 Å². The molecular formula is C18H22BrNO2S. The van der Waals surface area contributed by atoms with Crippen molar-refractivity contribution in [1.29, 1.82) is 0 Å². The molecule has 0 amide bonds. The van der Waals surface area contributed by atoms with Gasteiger partial charge in [-0.1, -0.05) is 52.4 Å². The Bertz CT molecular complexity index is 727. The Kier molecular flexibility index (Phi) is 4.81. The number of rotatable bonds is 5. The van der Waals surface area contributed by atoms with Crippen molar-refractivity contribution in [2.45, 2.75) is 37.1 Å². The average molecular weight is 396 g/mol. The van der Waals surface area contributed by atoms with Gasteiger partial charge in [0.15, 0.2) is 0 Å². The summed E-state index contributed by atoms with van der Waals surface area (Å²) in [4.78, 5) is 0.349. The minimum atomic E-state index is -3.55. The van der Waals surface area contributed by atoms with Crippen molar-refractivity contribution in [3.63, 3.8) is 0 Å². The molecule has 1 aromatic rings. The molecule has 2 bridgehead atoms. The van der Waals surface area contributed by atoms with Crippen LogP contribution in [0.15, 0.2) is 57.9 Å². The van der Waals surface area contributed by atoms with Gasteiger partial charge in [0, 0.05) is 11.0 Å². The summed E-state index contributed by atoms with van der Waals surface area (Å²) in [6, 6.07) is 8.58. The molecular weight excluding hydrogens is 374 g/mol. The lowest BCUT2D eigenvalue weighted by molar-refractivity contribution is 0.281. The Morgan fingerprint density at radius 2 is 2.00 bits per heavy atom. The molecule has 0 saturated heterocycles. The molecule has 0 aliphatic heterocycles. The normalized spacial score (nSPS) is 27.1. The maximum atomic E-state index is 13.2. The molecule has 0 radical (unpaired) electrons. The van der Waals surface area contributed by atoms with Crippen LogP contribution in [0, 0.1) is 11.8 Å². The van der Waals surface area contributed by atoms with Crippen LogP contribution in [-0.2, 0) is 10.0 Å². The fraction of sp³-hybridized carbons (Fsp3) is 0.444. The molecule has 124 valence electrons. The van der Waals surface area contributed by atoms with Crippen molar-refractivity contribution in [3.05, 3.63) is 53.0 Å². The van der Waals surface area contributed by atoms with E-state index >= 15 is 0 Å². The van der Waals surface area contributed by atoms with Gasteiger partial charge in [-0.2, -0.15) is 4.31 Å². The highest BCUT2D eigenvalue weighted by molar-refractivity contribution is 9.11. The fourth-order valence-corrected chi connectivity index (χ4v) is 6.62. The van der Waals surface area contributed by atoms with Crippen LogP contribution in [-0.4, -0.2) is 25.3 Å². The van der Waals surface area contributed by atoms with Gasteiger partial charge in [0.2, 0.25) is 10.0 Å². The van der Waals surface area contributed by atoms with E-state index in [0.29, 0.717) is 23.3 Å². The van der Waals surface area contributed by atoms with Crippen molar-refractivity contribution in [1.82, 2.24) is 4.31 Å². The van der Waals surface area contributed by atoms with Gasteiger partial charge >= 0.3 is 0 Å². The van der Waals surface area contributed by atoms with E-state index < -0.39 is 10.0 Å². The molecule has 0 aromatic heterocycles. The number of hydrogen-bond donors (Lipinski definition) is 0. The maximum Gasteiger partial charge on any atom is 0.243 e. The maximum absolute atomic E-state index is 13.2. The van der Waals surface area contributed by atoms with Gasteiger partial charge in [0.05, 0.1) is 10.9 Å². The predicted molar refractivity (Wildman–Crippen MR) is 96.8 cm³/mol. The molecule has 23 heavy (non-hydrogen) atoms. The first kappa shape index (κ1) is 16.9. The third kappa shape index (κ3) is 3.32. The predicted octanol–water partition coefficient (Wildman–Crippen LogP) is 4.33. The van der Waals surface area contributed by atoms with E-state index in [2.05, 4.69) is 28.6 Å². The Morgan fingerprint density at radius 3 is 2.65 bits per heavy atom. The average Bonchev–Trinajstić information content (AvgIpc) is 2.89. The van der Waals surface area contributed by atoms with E-state index in [-0.39, 0.29) is 6.04 Å². The van der Waals surface area contributed by atoms with Crippen LogP contribution in [0.4, 0.5) is 0 Å². The van der Waals surface area contributed by atoms with Gasteiger partial charge < -0.3 is 0 Å². The van der Waals surface area contributed by atoms with Gasteiger partial charge in [-0.05, 0) is 50.2 Å². The van der Waals surface area contributed by atoms with Crippen molar-refractivity contribution in [2.24, 2.45) is 11.8 Å². The Balaban J connectivity index is 2.03. The molecule has 3 rings (SSSR count). The molecule has 0 unspecified atom stereocenters. The zero-order valence-corrected chi connectivity index (χ0v) is 15.7. The lowest BCUT2D eigenvalue weighted by atomic mass is 9.90. The second kappa shape index (κ2) is 6.54. The fourth-order valence-electron chi connectivity index (χ4n) is 3.74. The summed E-state index contributed by atoms with van der Waals surface area (Å²) in [5.41, 5.74) is 0.852. The monoisotopic (exact) mass is 395 g/mol. The molecule has 3 atom stereocenters. The smallest absolute Gasteiger partial charge is 0.207 e. The molecule has 3 nitrogen and oxygen atoms in total. The standard InChI is InChI=1S/C18H22BrNO2S/c1-13(2)12-20(23(21,22)16-6-4-3-5-7-16)18-15-9-8-14(10-15)11-17(18)19/h3-7,11,14-15,18H,1,8-10,12H2,2H3/t14-,15+,18-/m0/s1. The second-order valence-electron chi connectivity index (χ2n) is 6.65. The van der Waals surface area contributed by atoms with Crippen LogP contribution in [0.25, 0.3) is 0 Å². The molecule has 2 aliphatic rings. The molecule has 0 heterocycles. The largest absolute Gasteiger partial charge is 0.243 e. The van der Waals surface area contributed by atoms with E-state index in [1.54, 1.807) is 28.6 Å². The summed E-state index contributed by atoms with van der Waals surface area (Å²) in [6.07, 6.45) is 5.53. The van der Waals surface area contributed by atoms with Gasteiger partial charge in [-0.15, -0.1) is 0 Å². The summed E-state index contributed by atoms with van der Waals surface area (Å²) in [5.74, 6) is 0.981. The quantitative estimate of drug-likeness (QED) is 0.695. The van der Waals surface area contributed by atoms with Gasteiger partial charge in [0.25, 0.3) is 0 Å². The molecule has 1 aromatic carbocycles. The molecule has 1 saturated carbocycles. The Hall–Kier alpha value is -0.910. The van der Waals surface area contributed by atoms with Crippen LogP contribution in [0.2, 0.25) is 0 Å². The summed E-state index contributed by atoms with van der Waals surface area (Å²) in [5, 5.41) is 0. The van der Waals surface area contributed by atoms with Crippen LogP contribution in [0.5, 0.6) is 0 Å². The summed E-state index contributed by atoms with van der Waals surface area (Å²) in [6.45, 7) is 6.18. The molecule has 2 aliphatic carbocycles. The first-order valence-electron chi connectivity index (χ1n) is 7.98. The topological polar surface area (TPSA) is 37.4 Å². The van der Waals surface area contributed by atoms with Crippen LogP contribution in [0.3, 0.4) is 0 Å². The molecule has 1 fully saturated rings. The third-order valence-corrected chi connectivity index (χ3v) is 7.30. The Morgan fingerprint density at radius 1 is 1.30 bits per heavy atom. The zero-order valence-electron chi connectivity index (χ0n) is 13.3. The first-order valence-corrected chi connectivity index (χ1v) is 10.2. The lowest BCUT2D eigenvalue weighted by Gasteiger charge is -2.37. The van der Waals surface area contributed by atoms with Crippen molar-refractivity contribution in [2.75, 3.05) is 6.54 Å². The highest BCUT2D eigenvalue weighted by atomic mass is 79.9. The number of hydrogen-bond acceptors (Lipinski definition) is 2. The number of allylic oxidation sites excluding steroid dienone is 1. The van der Waals surface area contributed by atoms with Gasteiger partial charge in [-0.25, -0.2) is 8.42 Å². The van der Waals surface area contributed by atoms with Crippen molar-refractivity contribution in [3.8, 4) is 0 Å². The van der Waals surface area contributed by atoms with Gasteiger partial charge in [0.1, 0.15) is 0 Å². The number of sulfonamides is 1. The highest BCUT2D eigenvalue weighted by Crippen LogP contribution is 2.46. The van der Waals surface area contributed by atoms with Crippen LogP contribution < -0.4 is 0 Å². The number of benzene rings is 1. The summed E-state index contributed by atoms with van der Waals surface area (Å²) < 4.78 is 29.1. The molecule has 5 heteroatoms. The minimum absolute atomic E-state index is 0.115. The lowest BCUT2D eigenvalue weighted by Crippen LogP contribution is -2.46. The minimum Gasteiger partial charge on any atom is -0.207 e. The summed E-state index contributed by atoms with van der Waals surface area (Å²) in [7, 11) is -3.55. The number of fused-ring (bicyclic) bond motifs is 2. The second-order valence-corrected chi connectivity index (χ2v) is 9.46. The van der Waals surface area contributed by atoms with Crippen molar-refractivity contribution < 1.29 is 8.42 Å². The first-order chi connectivity index (χ1) is 10.9.